The van der Waals surface area contributed by atoms with Crippen molar-refractivity contribution in [3.63, 3.8) is 0 Å². The summed E-state index contributed by atoms with van der Waals surface area (Å²) >= 11 is 0. The van der Waals surface area contributed by atoms with Crippen molar-refractivity contribution in [2.45, 2.75) is 6.54 Å². The largest absolute Gasteiger partial charge is 0.486 e. The zero-order valence-corrected chi connectivity index (χ0v) is 15.6. The minimum absolute atomic E-state index is 0.0256. The number of rotatable bonds is 6. The van der Waals surface area contributed by atoms with Gasteiger partial charge in [0.05, 0.1) is 10.5 Å². The quantitative estimate of drug-likeness (QED) is 0.335. The number of anilines is 1. The fourth-order valence-corrected chi connectivity index (χ4v) is 2.70. The number of benzene rings is 2. The smallest absolute Gasteiger partial charge is 0.341 e. The van der Waals surface area contributed by atoms with E-state index < -0.39 is 23.4 Å². The molecule has 0 aliphatic carbocycles. The number of nitrogens with two attached hydrogens (primary N) is 1. The molecule has 0 fully saturated rings. The molecule has 2 aromatic rings. The number of nitro groups is 1. The summed E-state index contributed by atoms with van der Waals surface area (Å²) < 4.78 is 15.9. The van der Waals surface area contributed by atoms with Crippen LogP contribution in [-0.4, -0.2) is 48.6 Å². The molecule has 1 aliphatic rings. The minimum Gasteiger partial charge on any atom is -0.486 e. The molecule has 1 amide bonds. The summed E-state index contributed by atoms with van der Waals surface area (Å²) in [5.74, 6) is -0.0934. The Kier molecular flexibility index (Phi) is 5.82. The standard InChI is InChI=1S/C19H19N3O7/c1-21(10-12-2-5-16-17(8-12)28-7-6-27-16)18(23)11-29-19(24)14-9-13(22(25)26)3-4-15(14)20/h2-5,8-9H,6-7,10-11,20H2,1H3. The van der Waals surface area contributed by atoms with Crippen molar-refractivity contribution in [3.05, 3.63) is 57.6 Å². The molecule has 0 aromatic heterocycles. The zero-order chi connectivity index (χ0) is 21.0. The molecule has 10 heteroatoms. The van der Waals surface area contributed by atoms with Crippen molar-refractivity contribution in [2.75, 3.05) is 32.6 Å². The summed E-state index contributed by atoms with van der Waals surface area (Å²) in [7, 11) is 1.56. The lowest BCUT2D eigenvalue weighted by atomic mass is 10.1. The number of hydrogen-bond donors (Lipinski definition) is 1. The predicted molar refractivity (Wildman–Crippen MR) is 102 cm³/mol. The van der Waals surface area contributed by atoms with Gasteiger partial charge < -0.3 is 24.8 Å². The maximum Gasteiger partial charge on any atom is 0.341 e. The molecule has 1 aliphatic heterocycles. The van der Waals surface area contributed by atoms with Gasteiger partial charge in [-0.05, 0) is 23.8 Å². The molecule has 1 heterocycles. The molecule has 0 unspecified atom stereocenters. The number of nitrogen functional groups attached to an aromatic ring is 1. The average molecular weight is 401 g/mol. The molecule has 0 saturated heterocycles. The topological polar surface area (TPSA) is 134 Å². The van der Waals surface area contributed by atoms with Gasteiger partial charge in [0.15, 0.2) is 18.1 Å². The first-order valence-electron chi connectivity index (χ1n) is 8.68. The highest BCUT2D eigenvalue weighted by atomic mass is 16.6. The van der Waals surface area contributed by atoms with E-state index in [0.717, 1.165) is 11.6 Å². The van der Waals surface area contributed by atoms with Crippen LogP contribution >= 0.6 is 0 Å². The van der Waals surface area contributed by atoms with Gasteiger partial charge in [-0.15, -0.1) is 0 Å². The van der Waals surface area contributed by atoms with E-state index in [1.54, 1.807) is 19.2 Å². The second-order valence-electron chi connectivity index (χ2n) is 6.33. The van der Waals surface area contributed by atoms with Gasteiger partial charge in [-0.3, -0.25) is 14.9 Å². The lowest BCUT2D eigenvalue weighted by molar-refractivity contribution is -0.384. The number of esters is 1. The number of ether oxygens (including phenoxy) is 3. The molecule has 29 heavy (non-hydrogen) atoms. The number of carbonyl (C=O) groups excluding carboxylic acids is 2. The summed E-state index contributed by atoms with van der Waals surface area (Å²) in [6.45, 7) is 0.696. The molecule has 152 valence electrons. The third-order valence-corrected chi connectivity index (χ3v) is 4.25. The first kappa shape index (κ1) is 19.9. The van der Waals surface area contributed by atoms with E-state index >= 15 is 0 Å². The number of nitrogens with zero attached hydrogens (tertiary/aromatic N) is 2. The molecular formula is C19H19N3O7. The van der Waals surface area contributed by atoms with Gasteiger partial charge in [-0.1, -0.05) is 6.07 Å². The average Bonchev–Trinajstić information content (AvgIpc) is 2.71. The van der Waals surface area contributed by atoms with E-state index in [4.69, 9.17) is 19.9 Å². The fourth-order valence-electron chi connectivity index (χ4n) is 2.70. The number of fused-ring (bicyclic) bond motifs is 1. The summed E-state index contributed by atoms with van der Waals surface area (Å²) in [6.07, 6.45) is 0. The van der Waals surface area contributed by atoms with Crippen molar-refractivity contribution in [2.24, 2.45) is 0 Å². The molecule has 0 bridgehead atoms. The number of likely N-dealkylation sites (N-methyl/N-ethyl adjacent to an activating group) is 1. The molecule has 0 spiro atoms. The predicted octanol–water partition coefficient (Wildman–Crippen LogP) is 1.76. The van der Waals surface area contributed by atoms with Crippen molar-refractivity contribution in [3.8, 4) is 11.5 Å². The van der Waals surface area contributed by atoms with Gasteiger partial charge in [0, 0.05) is 31.4 Å². The Labute approximate surface area is 165 Å². The Morgan fingerprint density at radius 3 is 2.62 bits per heavy atom. The second-order valence-corrected chi connectivity index (χ2v) is 6.33. The number of amides is 1. The lowest BCUT2D eigenvalue weighted by Gasteiger charge is -2.21. The van der Waals surface area contributed by atoms with Crippen molar-refractivity contribution in [1.82, 2.24) is 4.90 Å². The van der Waals surface area contributed by atoms with Crippen LogP contribution in [0.3, 0.4) is 0 Å². The van der Waals surface area contributed by atoms with Gasteiger partial charge >= 0.3 is 5.97 Å². The summed E-state index contributed by atoms with van der Waals surface area (Å²) in [5.41, 5.74) is 6.05. The van der Waals surface area contributed by atoms with Crippen molar-refractivity contribution in [1.29, 1.82) is 0 Å². The Balaban J connectivity index is 1.58. The molecule has 0 saturated carbocycles. The SMILES string of the molecule is CN(Cc1ccc2c(c1)OCCO2)C(=O)COC(=O)c1cc([N+](=O)[O-])ccc1N. The van der Waals surface area contributed by atoms with Crippen LogP contribution in [0.25, 0.3) is 0 Å². The Morgan fingerprint density at radius 1 is 1.17 bits per heavy atom. The highest BCUT2D eigenvalue weighted by molar-refractivity contribution is 5.97. The summed E-state index contributed by atoms with van der Waals surface area (Å²) in [5, 5.41) is 10.8. The highest BCUT2D eigenvalue weighted by Crippen LogP contribution is 2.31. The van der Waals surface area contributed by atoms with Crippen molar-refractivity contribution >= 4 is 23.3 Å². The van der Waals surface area contributed by atoms with E-state index in [9.17, 15) is 19.7 Å². The number of carbonyl (C=O) groups is 2. The number of non-ortho nitro benzene ring substituents is 1. The van der Waals surface area contributed by atoms with Crippen LogP contribution in [-0.2, 0) is 16.1 Å². The molecule has 2 aromatic carbocycles. The molecule has 10 nitrogen and oxygen atoms in total. The normalized spacial score (nSPS) is 12.2. The first-order valence-corrected chi connectivity index (χ1v) is 8.68. The van der Waals surface area contributed by atoms with E-state index in [-0.39, 0.29) is 23.5 Å². The van der Waals surface area contributed by atoms with Crippen LogP contribution in [0.1, 0.15) is 15.9 Å². The van der Waals surface area contributed by atoms with E-state index in [2.05, 4.69) is 0 Å². The maximum atomic E-state index is 12.3. The lowest BCUT2D eigenvalue weighted by Crippen LogP contribution is -2.31. The van der Waals surface area contributed by atoms with Crippen LogP contribution in [0, 0.1) is 10.1 Å². The van der Waals surface area contributed by atoms with Crippen LogP contribution in [0.4, 0.5) is 11.4 Å². The second kappa shape index (κ2) is 8.46. The fraction of sp³-hybridized carbons (Fsp3) is 0.263. The van der Waals surface area contributed by atoms with E-state index in [0.29, 0.717) is 24.7 Å². The zero-order valence-electron chi connectivity index (χ0n) is 15.6. The molecule has 3 rings (SSSR count). The van der Waals surface area contributed by atoms with Crippen LogP contribution in [0.5, 0.6) is 11.5 Å². The molecule has 2 N–H and O–H groups in total. The van der Waals surface area contributed by atoms with Gasteiger partial charge in [0.25, 0.3) is 11.6 Å². The maximum absolute atomic E-state index is 12.3. The van der Waals surface area contributed by atoms with Gasteiger partial charge in [0.1, 0.15) is 13.2 Å². The van der Waals surface area contributed by atoms with E-state index in [1.807, 2.05) is 6.07 Å². The minimum atomic E-state index is -0.910. The third kappa shape index (κ3) is 4.72. The highest BCUT2D eigenvalue weighted by Gasteiger charge is 2.19. The van der Waals surface area contributed by atoms with Crippen LogP contribution in [0.15, 0.2) is 36.4 Å². The molecule has 0 radical (unpaired) electrons. The Morgan fingerprint density at radius 2 is 1.90 bits per heavy atom. The van der Waals surface area contributed by atoms with Crippen LogP contribution in [0.2, 0.25) is 0 Å². The summed E-state index contributed by atoms with van der Waals surface area (Å²) in [4.78, 5) is 36.0. The first-order chi connectivity index (χ1) is 13.8. The monoisotopic (exact) mass is 401 g/mol. The summed E-state index contributed by atoms with van der Waals surface area (Å²) in [6, 6.07) is 8.80. The Bertz CT molecular complexity index is 961. The number of nitro benzene ring substituents is 1. The van der Waals surface area contributed by atoms with Gasteiger partial charge in [-0.2, -0.15) is 0 Å². The van der Waals surface area contributed by atoms with Gasteiger partial charge in [-0.25, -0.2) is 4.79 Å². The van der Waals surface area contributed by atoms with Crippen molar-refractivity contribution < 1.29 is 28.7 Å². The van der Waals surface area contributed by atoms with E-state index in [1.165, 1.54) is 17.0 Å². The van der Waals surface area contributed by atoms with Crippen LogP contribution < -0.4 is 15.2 Å². The molecular weight excluding hydrogens is 382 g/mol. The van der Waals surface area contributed by atoms with Gasteiger partial charge in [0.2, 0.25) is 0 Å². The molecule has 0 atom stereocenters. The number of hydrogen-bond acceptors (Lipinski definition) is 8. The Hall–Kier alpha value is -3.82. The third-order valence-electron chi connectivity index (χ3n) is 4.25.